The molecule has 1 saturated heterocycles. The summed E-state index contributed by atoms with van der Waals surface area (Å²) in [5, 5.41) is 8.84. The summed E-state index contributed by atoms with van der Waals surface area (Å²) in [7, 11) is 4.26. The van der Waals surface area contributed by atoms with Crippen LogP contribution < -0.4 is 5.73 Å². The number of rotatable bonds is 6. The van der Waals surface area contributed by atoms with Crippen molar-refractivity contribution in [3.05, 3.63) is 0 Å². The molecule has 0 aromatic carbocycles. The van der Waals surface area contributed by atoms with Crippen molar-refractivity contribution in [3.8, 4) is 0 Å². The lowest BCUT2D eigenvalue weighted by molar-refractivity contribution is 0.215. The number of nitrogens with zero attached hydrogens (tertiary/aromatic N) is 2. The van der Waals surface area contributed by atoms with Gasteiger partial charge in [-0.2, -0.15) is 0 Å². The fourth-order valence-corrected chi connectivity index (χ4v) is 2.21. The van der Waals surface area contributed by atoms with Gasteiger partial charge in [0.25, 0.3) is 0 Å². The molecule has 90 valence electrons. The van der Waals surface area contributed by atoms with E-state index < -0.39 is 0 Å². The minimum absolute atomic E-state index is 0.0799. The van der Waals surface area contributed by atoms with Crippen LogP contribution in [0.4, 0.5) is 0 Å². The highest BCUT2D eigenvalue weighted by Crippen LogP contribution is 2.17. The Morgan fingerprint density at radius 2 is 2.33 bits per heavy atom. The molecule has 3 N–H and O–H groups in total. The number of aliphatic hydroxyl groups excluding tert-OH is 1. The Hall–Kier alpha value is -0.160. The van der Waals surface area contributed by atoms with Crippen molar-refractivity contribution < 1.29 is 5.11 Å². The average molecular weight is 215 g/mol. The molecule has 0 radical (unpaired) electrons. The van der Waals surface area contributed by atoms with E-state index in [2.05, 4.69) is 23.9 Å². The van der Waals surface area contributed by atoms with E-state index in [1.807, 2.05) is 0 Å². The fraction of sp³-hybridized carbons (Fsp3) is 1.00. The summed E-state index contributed by atoms with van der Waals surface area (Å²) in [6.45, 7) is 4.44. The van der Waals surface area contributed by atoms with Crippen LogP contribution >= 0.6 is 0 Å². The molecule has 0 aliphatic carbocycles. The van der Waals surface area contributed by atoms with E-state index in [4.69, 9.17) is 10.8 Å². The molecule has 15 heavy (non-hydrogen) atoms. The van der Waals surface area contributed by atoms with Gasteiger partial charge in [-0.1, -0.05) is 0 Å². The third kappa shape index (κ3) is 4.93. The molecule has 2 atom stereocenters. The third-order valence-electron chi connectivity index (χ3n) is 3.19. The van der Waals surface area contributed by atoms with Gasteiger partial charge >= 0.3 is 0 Å². The summed E-state index contributed by atoms with van der Waals surface area (Å²) in [4.78, 5) is 4.61. The predicted octanol–water partition coefficient (Wildman–Crippen LogP) is -0.420. The molecule has 0 saturated carbocycles. The molecule has 4 heteroatoms. The van der Waals surface area contributed by atoms with Crippen molar-refractivity contribution >= 4 is 0 Å². The predicted molar refractivity (Wildman–Crippen MR) is 62.8 cm³/mol. The number of nitrogens with two attached hydrogens (primary N) is 1. The lowest BCUT2D eigenvalue weighted by atomic mass is 10.0. The standard InChI is InChI=1S/C11H25N3O/c1-13-5-3-10(7-13)4-6-14(2)8-11(12)9-15/h10-11,15H,3-9,12H2,1-2H3. The maximum Gasteiger partial charge on any atom is 0.0595 e. The fourth-order valence-electron chi connectivity index (χ4n) is 2.21. The number of likely N-dealkylation sites (tertiary alicyclic amines) is 1. The van der Waals surface area contributed by atoms with E-state index in [9.17, 15) is 0 Å². The maximum atomic E-state index is 8.84. The van der Waals surface area contributed by atoms with Crippen LogP contribution in [0.3, 0.4) is 0 Å². The summed E-state index contributed by atoms with van der Waals surface area (Å²) in [6, 6.07) is -0.0961. The summed E-state index contributed by atoms with van der Waals surface area (Å²) in [5.41, 5.74) is 5.68. The first-order chi connectivity index (χ1) is 7.11. The number of hydrogen-bond acceptors (Lipinski definition) is 4. The van der Waals surface area contributed by atoms with Gasteiger partial charge in [-0.15, -0.1) is 0 Å². The highest BCUT2D eigenvalue weighted by Gasteiger charge is 2.19. The Bertz CT molecular complexity index is 177. The Morgan fingerprint density at radius 1 is 1.60 bits per heavy atom. The monoisotopic (exact) mass is 215 g/mol. The molecule has 1 heterocycles. The second kappa shape index (κ2) is 6.43. The zero-order valence-corrected chi connectivity index (χ0v) is 10.0. The van der Waals surface area contributed by atoms with E-state index in [1.54, 1.807) is 0 Å². The Morgan fingerprint density at radius 3 is 2.87 bits per heavy atom. The minimum Gasteiger partial charge on any atom is -0.395 e. The normalized spacial score (nSPS) is 25.0. The molecule has 1 fully saturated rings. The van der Waals surface area contributed by atoms with Crippen LogP contribution in [0.1, 0.15) is 12.8 Å². The van der Waals surface area contributed by atoms with Crippen LogP contribution in [0.2, 0.25) is 0 Å². The molecule has 0 aromatic heterocycles. The zero-order chi connectivity index (χ0) is 11.3. The Labute approximate surface area is 93.0 Å². The highest BCUT2D eigenvalue weighted by molar-refractivity contribution is 4.74. The van der Waals surface area contributed by atoms with Crippen LogP contribution in [0.25, 0.3) is 0 Å². The smallest absolute Gasteiger partial charge is 0.0595 e. The number of hydrogen-bond donors (Lipinski definition) is 2. The van der Waals surface area contributed by atoms with Crippen LogP contribution in [0, 0.1) is 5.92 Å². The van der Waals surface area contributed by atoms with Gasteiger partial charge in [0, 0.05) is 19.1 Å². The van der Waals surface area contributed by atoms with E-state index in [0.717, 1.165) is 19.0 Å². The van der Waals surface area contributed by atoms with Gasteiger partial charge in [-0.25, -0.2) is 0 Å². The number of likely N-dealkylation sites (N-methyl/N-ethyl adjacent to an activating group) is 1. The van der Waals surface area contributed by atoms with Gasteiger partial charge in [0.2, 0.25) is 0 Å². The Balaban J connectivity index is 2.08. The van der Waals surface area contributed by atoms with Gasteiger partial charge in [0.05, 0.1) is 6.61 Å². The molecule has 0 bridgehead atoms. The average Bonchev–Trinajstić information content (AvgIpc) is 2.61. The summed E-state index contributed by atoms with van der Waals surface area (Å²) in [5.74, 6) is 0.850. The van der Waals surface area contributed by atoms with Gasteiger partial charge in [-0.3, -0.25) is 0 Å². The van der Waals surface area contributed by atoms with E-state index in [0.29, 0.717) is 0 Å². The van der Waals surface area contributed by atoms with Crippen LogP contribution in [-0.4, -0.2) is 67.8 Å². The highest BCUT2D eigenvalue weighted by atomic mass is 16.3. The molecular weight excluding hydrogens is 190 g/mol. The SMILES string of the molecule is CN(CCC1CCN(C)C1)CC(N)CO. The van der Waals surface area contributed by atoms with Gasteiger partial charge < -0.3 is 20.6 Å². The minimum atomic E-state index is -0.0961. The summed E-state index contributed by atoms with van der Waals surface area (Å²) < 4.78 is 0. The molecule has 2 unspecified atom stereocenters. The van der Waals surface area contributed by atoms with Crippen molar-refractivity contribution in [2.75, 3.05) is 46.9 Å². The van der Waals surface area contributed by atoms with Crippen molar-refractivity contribution in [2.45, 2.75) is 18.9 Å². The number of aliphatic hydroxyl groups is 1. The van der Waals surface area contributed by atoms with Crippen molar-refractivity contribution in [3.63, 3.8) is 0 Å². The molecule has 0 aromatic rings. The maximum absolute atomic E-state index is 8.84. The van der Waals surface area contributed by atoms with Gasteiger partial charge in [0.15, 0.2) is 0 Å². The largest absolute Gasteiger partial charge is 0.395 e. The summed E-state index contributed by atoms with van der Waals surface area (Å²) >= 11 is 0. The second-order valence-corrected chi connectivity index (χ2v) is 4.91. The van der Waals surface area contributed by atoms with Gasteiger partial charge in [-0.05, 0) is 45.9 Å². The van der Waals surface area contributed by atoms with E-state index in [-0.39, 0.29) is 12.6 Å². The zero-order valence-electron chi connectivity index (χ0n) is 10.0. The molecule has 0 spiro atoms. The van der Waals surface area contributed by atoms with Crippen molar-refractivity contribution in [1.82, 2.24) is 9.80 Å². The molecule has 1 aliphatic heterocycles. The third-order valence-corrected chi connectivity index (χ3v) is 3.19. The topological polar surface area (TPSA) is 52.7 Å². The first-order valence-electron chi connectivity index (χ1n) is 5.85. The first kappa shape index (κ1) is 12.9. The molecule has 4 nitrogen and oxygen atoms in total. The first-order valence-corrected chi connectivity index (χ1v) is 5.85. The lowest BCUT2D eigenvalue weighted by Crippen LogP contribution is -2.38. The molecular formula is C11H25N3O. The van der Waals surface area contributed by atoms with Crippen LogP contribution in [-0.2, 0) is 0 Å². The molecule has 1 rings (SSSR count). The van der Waals surface area contributed by atoms with E-state index in [1.165, 1.54) is 25.9 Å². The quantitative estimate of drug-likeness (QED) is 0.632. The van der Waals surface area contributed by atoms with Gasteiger partial charge in [0.1, 0.15) is 0 Å². The molecule has 0 amide bonds. The van der Waals surface area contributed by atoms with Crippen molar-refractivity contribution in [1.29, 1.82) is 0 Å². The Kier molecular flexibility index (Phi) is 5.53. The van der Waals surface area contributed by atoms with Crippen molar-refractivity contribution in [2.24, 2.45) is 11.7 Å². The van der Waals surface area contributed by atoms with Crippen LogP contribution in [0.5, 0.6) is 0 Å². The summed E-state index contributed by atoms with van der Waals surface area (Å²) in [6.07, 6.45) is 2.58. The second-order valence-electron chi connectivity index (χ2n) is 4.91. The van der Waals surface area contributed by atoms with E-state index >= 15 is 0 Å². The van der Waals surface area contributed by atoms with Crippen LogP contribution in [0.15, 0.2) is 0 Å². The molecule has 1 aliphatic rings. The lowest BCUT2D eigenvalue weighted by Gasteiger charge is -2.21.